The van der Waals surface area contributed by atoms with Crippen LogP contribution in [0.15, 0.2) is 18.2 Å². The van der Waals surface area contributed by atoms with Crippen LogP contribution in [0.2, 0.25) is 0 Å². The lowest BCUT2D eigenvalue weighted by Gasteiger charge is -2.45. The molecule has 0 amide bonds. The zero-order chi connectivity index (χ0) is 30.4. The van der Waals surface area contributed by atoms with Crippen molar-refractivity contribution in [3.63, 3.8) is 0 Å². The van der Waals surface area contributed by atoms with E-state index in [2.05, 4.69) is 19.2 Å². The fourth-order valence-corrected chi connectivity index (χ4v) is 7.28. The molecule has 1 aliphatic heterocycles. The third-order valence-electron chi connectivity index (χ3n) is 9.60. The number of piperidine rings is 1. The van der Waals surface area contributed by atoms with Crippen molar-refractivity contribution in [2.75, 3.05) is 20.2 Å². The van der Waals surface area contributed by atoms with E-state index in [9.17, 15) is 14.7 Å². The van der Waals surface area contributed by atoms with Crippen LogP contribution in [0, 0.1) is 17.3 Å². The van der Waals surface area contributed by atoms with Crippen LogP contribution in [0.4, 0.5) is 0 Å². The van der Waals surface area contributed by atoms with E-state index in [1.807, 2.05) is 12.1 Å². The lowest BCUT2D eigenvalue weighted by atomic mass is 9.68. The second-order valence-electron chi connectivity index (χ2n) is 12.9. The minimum atomic E-state index is -0.379. The molecule has 1 saturated carbocycles. The van der Waals surface area contributed by atoms with Crippen LogP contribution in [0.1, 0.15) is 123 Å². The standard InChI is InChI=1S/C35H57NO6/c1-5-7-9-13-27(12-6-2)22-30(41-26(3)37)24-33(42-34(39)29-14-10-8-11-15-29)35(18-20-36-21-19-35)25-28-16-17-31(38)32(23-28)40-4/h16-17,23,27,29-30,33,36,38H,5-15,18-22,24-25H2,1-4H3. The molecule has 1 aliphatic carbocycles. The zero-order valence-corrected chi connectivity index (χ0v) is 26.8. The summed E-state index contributed by atoms with van der Waals surface area (Å²) in [5.41, 5.74) is 0.719. The van der Waals surface area contributed by atoms with Crippen LogP contribution in [-0.4, -0.2) is 49.5 Å². The molecule has 7 nitrogen and oxygen atoms in total. The van der Waals surface area contributed by atoms with Gasteiger partial charge in [0.2, 0.25) is 0 Å². The van der Waals surface area contributed by atoms with Crippen LogP contribution in [-0.2, 0) is 25.5 Å². The first-order valence-electron chi connectivity index (χ1n) is 16.7. The van der Waals surface area contributed by atoms with E-state index in [0.717, 1.165) is 82.9 Å². The van der Waals surface area contributed by atoms with E-state index >= 15 is 0 Å². The molecule has 1 aromatic carbocycles. The Hall–Kier alpha value is -2.28. The SMILES string of the molecule is CCCCCC(CCC)CC(CC(OC(=O)C1CCCCC1)C1(Cc2ccc(O)c(OC)c2)CCNCC1)OC(C)=O. The highest BCUT2D eigenvalue weighted by Crippen LogP contribution is 2.43. The number of hydrogen-bond acceptors (Lipinski definition) is 7. The minimum Gasteiger partial charge on any atom is -0.504 e. The van der Waals surface area contributed by atoms with Crippen LogP contribution in [0.25, 0.3) is 0 Å². The van der Waals surface area contributed by atoms with Gasteiger partial charge in [0, 0.05) is 18.8 Å². The summed E-state index contributed by atoms with van der Waals surface area (Å²) in [6.45, 7) is 7.61. The molecule has 3 unspecified atom stereocenters. The highest BCUT2D eigenvalue weighted by atomic mass is 16.6. The summed E-state index contributed by atoms with van der Waals surface area (Å²) in [7, 11) is 1.56. The fourth-order valence-electron chi connectivity index (χ4n) is 7.28. The van der Waals surface area contributed by atoms with Gasteiger partial charge in [0.15, 0.2) is 11.5 Å². The maximum absolute atomic E-state index is 13.7. The number of rotatable bonds is 17. The fraction of sp³-hybridized carbons (Fsp3) is 0.771. The van der Waals surface area contributed by atoms with Crippen molar-refractivity contribution in [3.8, 4) is 11.5 Å². The van der Waals surface area contributed by atoms with Gasteiger partial charge in [-0.05, 0) is 75.2 Å². The van der Waals surface area contributed by atoms with E-state index in [0.29, 0.717) is 24.5 Å². The Balaban J connectivity index is 1.94. The van der Waals surface area contributed by atoms with Crippen molar-refractivity contribution >= 4 is 11.9 Å². The predicted molar refractivity (Wildman–Crippen MR) is 167 cm³/mol. The summed E-state index contributed by atoms with van der Waals surface area (Å²) in [6, 6.07) is 5.52. The zero-order valence-electron chi connectivity index (χ0n) is 26.8. The van der Waals surface area contributed by atoms with Crippen molar-refractivity contribution < 1.29 is 28.9 Å². The van der Waals surface area contributed by atoms with Gasteiger partial charge in [-0.3, -0.25) is 9.59 Å². The second kappa shape index (κ2) is 17.7. The Labute approximate surface area is 254 Å². The summed E-state index contributed by atoms with van der Waals surface area (Å²) in [5.74, 6) is 0.619. The number of carbonyl (C=O) groups is 2. The molecule has 238 valence electrons. The summed E-state index contributed by atoms with van der Waals surface area (Å²) >= 11 is 0. The maximum Gasteiger partial charge on any atom is 0.309 e. The molecule has 1 saturated heterocycles. The molecule has 1 heterocycles. The summed E-state index contributed by atoms with van der Waals surface area (Å²) < 4.78 is 18.1. The van der Waals surface area contributed by atoms with Gasteiger partial charge in [-0.15, -0.1) is 0 Å². The first-order chi connectivity index (χ1) is 20.3. The number of nitrogens with one attached hydrogen (secondary N) is 1. The highest BCUT2D eigenvalue weighted by Gasteiger charge is 2.45. The Morgan fingerprint density at radius 1 is 1.00 bits per heavy atom. The quantitative estimate of drug-likeness (QED) is 0.144. The maximum atomic E-state index is 13.7. The van der Waals surface area contributed by atoms with Gasteiger partial charge in [0.1, 0.15) is 12.2 Å². The number of methoxy groups -OCH3 is 1. The monoisotopic (exact) mass is 587 g/mol. The number of phenolic OH excluding ortho intramolecular Hbond substituents is 1. The number of esters is 2. The minimum absolute atomic E-state index is 0.0529. The van der Waals surface area contributed by atoms with Gasteiger partial charge in [-0.2, -0.15) is 0 Å². The lowest BCUT2D eigenvalue weighted by molar-refractivity contribution is -0.170. The van der Waals surface area contributed by atoms with Gasteiger partial charge in [-0.1, -0.05) is 77.7 Å². The molecule has 0 aromatic heterocycles. The highest BCUT2D eigenvalue weighted by molar-refractivity contribution is 5.72. The van der Waals surface area contributed by atoms with Gasteiger partial charge in [0.05, 0.1) is 13.0 Å². The first-order valence-corrected chi connectivity index (χ1v) is 16.7. The molecule has 3 rings (SSSR count). The van der Waals surface area contributed by atoms with Crippen LogP contribution in [0.5, 0.6) is 11.5 Å². The van der Waals surface area contributed by atoms with E-state index in [1.54, 1.807) is 13.2 Å². The molecule has 2 N–H and O–H groups in total. The third kappa shape index (κ3) is 10.5. The molecule has 42 heavy (non-hydrogen) atoms. The Bertz CT molecular complexity index is 953. The summed E-state index contributed by atoms with van der Waals surface area (Å²) in [6.07, 6.45) is 15.0. The van der Waals surface area contributed by atoms with Crippen LogP contribution in [0.3, 0.4) is 0 Å². The van der Waals surface area contributed by atoms with Crippen LogP contribution < -0.4 is 10.1 Å². The molecule has 3 atom stereocenters. The molecular formula is C35H57NO6. The normalized spacial score (nSPS) is 19.4. The molecule has 0 spiro atoms. The van der Waals surface area contributed by atoms with Gasteiger partial charge in [-0.25, -0.2) is 0 Å². The Kier molecular flexibility index (Phi) is 14.5. The summed E-state index contributed by atoms with van der Waals surface area (Å²) in [4.78, 5) is 26.1. The van der Waals surface area contributed by atoms with Gasteiger partial charge >= 0.3 is 11.9 Å². The Morgan fingerprint density at radius 2 is 1.74 bits per heavy atom. The number of carbonyl (C=O) groups excluding carboxylic acids is 2. The van der Waals surface area contributed by atoms with Crippen LogP contribution >= 0.6 is 0 Å². The number of unbranched alkanes of at least 4 members (excludes halogenated alkanes) is 2. The predicted octanol–water partition coefficient (Wildman–Crippen LogP) is 7.51. The van der Waals surface area contributed by atoms with Crippen molar-refractivity contribution in [1.82, 2.24) is 5.32 Å². The second-order valence-corrected chi connectivity index (χ2v) is 12.9. The number of aromatic hydroxyl groups is 1. The largest absolute Gasteiger partial charge is 0.504 e. The average Bonchev–Trinajstić information content (AvgIpc) is 2.98. The molecular weight excluding hydrogens is 530 g/mol. The topological polar surface area (TPSA) is 94.1 Å². The van der Waals surface area contributed by atoms with E-state index in [4.69, 9.17) is 14.2 Å². The number of hydrogen-bond donors (Lipinski definition) is 2. The molecule has 7 heteroatoms. The van der Waals surface area contributed by atoms with E-state index < -0.39 is 0 Å². The van der Waals surface area contributed by atoms with E-state index in [1.165, 1.54) is 32.6 Å². The molecule has 2 fully saturated rings. The van der Waals surface area contributed by atoms with Crippen molar-refractivity contribution in [2.45, 2.75) is 136 Å². The number of phenols is 1. The van der Waals surface area contributed by atoms with E-state index in [-0.39, 0.29) is 41.2 Å². The first kappa shape index (κ1) is 34.2. The molecule has 2 aliphatic rings. The van der Waals surface area contributed by atoms with Gasteiger partial charge in [0.25, 0.3) is 0 Å². The average molecular weight is 588 g/mol. The molecule has 0 radical (unpaired) electrons. The Morgan fingerprint density at radius 3 is 2.38 bits per heavy atom. The number of ether oxygens (including phenoxy) is 3. The number of benzene rings is 1. The smallest absolute Gasteiger partial charge is 0.309 e. The van der Waals surface area contributed by atoms with Gasteiger partial charge < -0.3 is 24.6 Å². The lowest BCUT2D eigenvalue weighted by Crippen LogP contribution is -2.49. The summed E-state index contributed by atoms with van der Waals surface area (Å²) in [5, 5.41) is 13.7. The molecule has 1 aromatic rings. The van der Waals surface area contributed by atoms with Crippen molar-refractivity contribution in [3.05, 3.63) is 23.8 Å². The van der Waals surface area contributed by atoms with Crippen molar-refractivity contribution in [1.29, 1.82) is 0 Å². The third-order valence-corrected chi connectivity index (χ3v) is 9.60. The molecule has 0 bridgehead atoms. The van der Waals surface area contributed by atoms with Crippen molar-refractivity contribution in [2.24, 2.45) is 17.3 Å².